The van der Waals surface area contributed by atoms with Crippen LogP contribution in [0.15, 0.2) is 34.1 Å². The summed E-state index contributed by atoms with van der Waals surface area (Å²) < 4.78 is 26.9. The lowest BCUT2D eigenvalue weighted by atomic mass is 10.1. The normalized spacial score (nSPS) is 12.0. The van der Waals surface area contributed by atoms with E-state index in [0.29, 0.717) is 12.1 Å². The number of sulfonamides is 1. The number of carbonyl (C=O) groups is 1. The molecule has 0 radical (unpaired) electrons. The number of aromatic amines is 1. The zero-order chi connectivity index (χ0) is 17.2. The SMILES string of the molecule is C[NH+](C)CCNS(=O)(=O)c1ccc2[nH]cc(C(=O)[O-])c(=O)c2c1. The molecule has 9 heteroatoms. The molecule has 1 aromatic heterocycles. The predicted molar refractivity (Wildman–Crippen MR) is 81.8 cm³/mol. The van der Waals surface area contributed by atoms with Gasteiger partial charge in [0.2, 0.25) is 10.0 Å². The van der Waals surface area contributed by atoms with Gasteiger partial charge in [-0.3, -0.25) is 4.79 Å². The highest BCUT2D eigenvalue weighted by atomic mass is 32.2. The Morgan fingerprint density at radius 1 is 1.35 bits per heavy atom. The van der Waals surface area contributed by atoms with E-state index in [1.807, 2.05) is 14.1 Å². The summed E-state index contributed by atoms with van der Waals surface area (Å²) in [6, 6.07) is 3.93. The number of carboxylic acid groups (broad SMARTS) is 1. The largest absolute Gasteiger partial charge is 0.545 e. The van der Waals surface area contributed by atoms with Crippen LogP contribution in [0.5, 0.6) is 0 Å². The highest BCUT2D eigenvalue weighted by molar-refractivity contribution is 7.89. The molecule has 0 atom stereocenters. The molecule has 8 nitrogen and oxygen atoms in total. The van der Waals surface area contributed by atoms with Crippen LogP contribution in [0.25, 0.3) is 10.9 Å². The molecule has 0 amide bonds. The molecule has 23 heavy (non-hydrogen) atoms. The third kappa shape index (κ3) is 3.76. The number of hydrogen-bond donors (Lipinski definition) is 3. The molecule has 2 rings (SSSR count). The minimum Gasteiger partial charge on any atom is -0.545 e. The molecule has 0 unspecified atom stereocenters. The van der Waals surface area contributed by atoms with Gasteiger partial charge in [0.1, 0.15) is 0 Å². The van der Waals surface area contributed by atoms with Crippen molar-refractivity contribution >= 4 is 26.9 Å². The number of H-pyrrole nitrogens is 1. The summed E-state index contributed by atoms with van der Waals surface area (Å²) in [7, 11) is 0.0119. The number of carbonyl (C=O) groups excluding carboxylic acids is 1. The molecular formula is C14H17N3O5S. The van der Waals surface area contributed by atoms with Gasteiger partial charge in [-0.1, -0.05) is 0 Å². The van der Waals surface area contributed by atoms with Gasteiger partial charge < -0.3 is 19.8 Å². The van der Waals surface area contributed by atoms with E-state index in [-0.39, 0.29) is 16.8 Å². The number of aromatic carboxylic acids is 1. The van der Waals surface area contributed by atoms with Gasteiger partial charge in [-0.25, -0.2) is 13.1 Å². The van der Waals surface area contributed by atoms with Crippen LogP contribution in [0.2, 0.25) is 0 Å². The zero-order valence-electron chi connectivity index (χ0n) is 12.7. The van der Waals surface area contributed by atoms with Gasteiger partial charge in [0, 0.05) is 17.1 Å². The maximum absolute atomic E-state index is 12.2. The van der Waals surface area contributed by atoms with Crippen molar-refractivity contribution in [2.45, 2.75) is 4.90 Å². The average Bonchev–Trinajstić information content (AvgIpc) is 2.46. The molecule has 1 aromatic carbocycles. The van der Waals surface area contributed by atoms with Crippen LogP contribution in [-0.2, 0) is 10.0 Å². The van der Waals surface area contributed by atoms with E-state index >= 15 is 0 Å². The quantitative estimate of drug-likeness (QED) is 0.529. The summed E-state index contributed by atoms with van der Waals surface area (Å²) in [5.41, 5.74) is -0.985. The van der Waals surface area contributed by atoms with E-state index in [4.69, 9.17) is 0 Å². The second-order valence-corrected chi connectivity index (χ2v) is 7.15. The van der Waals surface area contributed by atoms with Gasteiger partial charge in [0.15, 0.2) is 5.43 Å². The highest BCUT2D eigenvalue weighted by Gasteiger charge is 2.16. The Bertz CT molecular complexity index is 902. The molecule has 0 aliphatic heterocycles. The van der Waals surface area contributed by atoms with Crippen LogP contribution in [0, 0.1) is 0 Å². The van der Waals surface area contributed by atoms with Crippen molar-refractivity contribution in [1.29, 1.82) is 0 Å². The van der Waals surface area contributed by atoms with E-state index < -0.39 is 27.0 Å². The molecule has 0 spiro atoms. The summed E-state index contributed by atoms with van der Waals surface area (Å²) >= 11 is 0. The maximum Gasteiger partial charge on any atom is 0.240 e. The van der Waals surface area contributed by atoms with E-state index in [2.05, 4.69) is 9.71 Å². The molecule has 0 saturated carbocycles. The number of carboxylic acids is 1. The molecular weight excluding hydrogens is 322 g/mol. The first kappa shape index (κ1) is 17.1. The van der Waals surface area contributed by atoms with Crippen molar-refractivity contribution in [1.82, 2.24) is 9.71 Å². The van der Waals surface area contributed by atoms with Crippen LogP contribution in [-0.4, -0.2) is 46.6 Å². The van der Waals surface area contributed by atoms with Gasteiger partial charge in [0.25, 0.3) is 0 Å². The smallest absolute Gasteiger partial charge is 0.240 e. The summed E-state index contributed by atoms with van der Waals surface area (Å²) in [6.45, 7) is 0.848. The van der Waals surface area contributed by atoms with E-state index in [1.165, 1.54) is 12.1 Å². The van der Waals surface area contributed by atoms with Gasteiger partial charge >= 0.3 is 0 Å². The molecule has 3 N–H and O–H groups in total. The molecule has 2 aromatic rings. The Kier molecular flexibility index (Phi) is 4.83. The number of nitrogens with one attached hydrogen (secondary N) is 3. The third-order valence-electron chi connectivity index (χ3n) is 3.30. The Labute approximate surface area is 132 Å². The second kappa shape index (κ2) is 6.49. The fourth-order valence-electron chi connectivity index (χ4n) is 2.04. The van der Waals surface area contributed by atoms with Crippen molar-refractivity contribution < 1.29 is 23.2 Å². The molecule has 0 fully saturated rings. The minimum absolute atomic E-state index is 0.0205. The minimum atomic E-state index is -3.78. The summed E-state index contributed by atoms with van der Waals surface area (Å²) in [5.74, 6) is -1.62. The second-order valence-electron chi connectivity index (χ2n) is 5.38. The van der Waals surface area contributed by atoms with Gasteiger partial charge in [-0.2, -0.15) is 0 Å². The number of benzene rings is 1. The fraction of sp³-hybridized carbons (Fsp3) is 0.286. The lowest BCUT2D eigenvalue weighted by Gasteiger charge is -2.10. The first-order chi connectivity index (χ1) is 10.7. The van der Waals surface area contributed by atoms with E-state index in [9.17, 15) is 23.1 Å². The van der Waals surface area contributed by atoms with E-state index in [0.717, 1.165) is 17.2 Å². The monoisotopic (exact) mass is 339 g/mol. The molecule has 124 valence electrons. The lowest BCUT2D eigenvalue weighted by Crippen LogP contribution is -3.06. The first-order valence-corrected chi connectivity index (χ1v) is 8.36. The summed E-state index contributed by atoms with van der Waals surface area (Å²) in [5, 5.41) is 10.9. The number of quaternary nitrogens is 1. The Morgan fingerprint density at radius 3 is 2.65 bits per heavy atom. The maximum atomic E-state index is 12.2. The lowest BCUT2D eigenvalue weighted by molar-refractivity contribution is -0.856. The highest BCUT2D eigenvalue weighted by Crippen LogP contribution is 2.15. The van der Waals surface area contributed by atoms with E-state index in [1.54, 1.807) is 0 Å². The number of fused-ring (bicyclic) bond motifs is 1. The van der Waals surface area contributed by atoms with Crippen LogP contribution < -0.4 is 20.2 Å². The topological polar surface area (TPSA) is 124 Å². The number of aromatic nitrogens is 1. The Morgan fingerprint density at radius 2 is 2.04 bits per heavy atom. The molecule has 0 bridgehead atoms. The molecule has 0 aliphatic carbocycles. The van der Waals surface area contributed by atoms with Crippen LogP contribution in [0.1, 0.15) is 10.4 Å². The standard InChI is InChI=1S/C14H17N3O5S/c1-17(2)6-5-16-23(21,22)9-3-4-12-10(7-9)13(18)11(8-15-12)14(19)20/h3-4,7-8,16H,5-6H2,1-2H3,(H,15,18)(H,19,20). The van der Waals surface area contributed by atoms with Gasteiger partial charge in [-0.15, -0.1) is 0 Å². The number of pyridine rings is 1. The summed E-state index contributed by atoms with van der Waals surface area (Å²) in [6.07, 6.45) is 1.03. The van der Waals surface area contributed by atoms with Crippen molar-refractivity contribution in [3.63, 3.8) is 0 Å². The Hall–Kier alpha value is -2.23. The average molecular weight is 339 g/mol. The number of likely N-dealkylation sites (N-methyl/N-ethyl adjacent to an activating group) is 1. The van der Waals surface area contributed by atoms with Crippen molar-refractivity contribution in [3.05, 3.63) is 40.2 Å². The van der Waals surface area contributed by atoms with Crippen molar-refractivity contribution in [3.8, 4) is 0 Å². The third-order valence-corrected chi connectivity index (χ3v) is 4.76. The van der Waals surface area contributed by atoms with Crippen LogP contribution in [0.4, 0.5) is 0 Å². The van der Waals surface area contributed by atoms with Crippen molar-refractivity contribution in [2.75, 3.05) is 27.2 Å². The van der Waals surface area contributed by atoms with Gasteiger partial charge in [0.05, 0.1) is 43.6 Å². The first-order valence-electron chi connectivity index (χ1n) is 6.88. The fourth-order valence-corrected chi connectivity index (χ4v) is 3.09. The Balaban J connectivity index is 2.45. The molecule has 0 saturated heterocycles. The van der Waals surface area contributed by atoms with Crippen molar-refractivity contribution in [2.24, 2.45) is 0 Å². The van der Waals surface area contributed by atoms with Gasteiger partial charge in [-0.05, 0) is 18.2 Å². The zero-order valence-corrected chi connectivity index (χ0v) is 13.5. The molecule has 1 heterocycles. The summed E-state index contributed by atoms with van der Waals surface area (Å²) in [4.78, 5) is 26.6. The number of hydrogen-bond acceptors (Lipinski definition) is 5. The predicted octanol–water partition coefficient (Wildman–Crippen LogP) is -2.69. The number of rotatable bonds is 6. The molecule has 0 aliphatic rings. The van der Waals surface area contributed by atoms with Crippen LogP contribution >= 0.6 is 0 Å². The van der Waals surface area contributed by atoms with Crippen LogP contribution in [0.3, 0.4) is 0 Å².